The number of hydrogen-bond acceptors (Lipinski definition) is 4. The molecule has 12 heavy (non-hydrogen) atoms. The molecule has 6 heteroatoms. The van der Waals surface area contributed by atoms with Crippen LogP contribution in [0.25, 0.3) is 0 Å². The molecule has 65 valence electrons. The second kappa shape index (κ2) is 3.82. The van der Waals surface area contributed by atoms with Gasteiger partial charge in [-0.15, -0.1) is 10.2 Å². The molecular weight excluding hydrogens is 162 g/mol. The van der Waals surface area contributed by atoms with E-state index >= 15 is 0 Å². The predicted octanol–water partition coefficient (Wildman–Crippen LogP) is -0.784. The Hall–Kier alpha value is -1.43. The molecule has 0 saturated carbocycles. The van der Waals surface area contributed by atoms with Crippen molar-refractivity contribution in [2.45, 2.75) is 6.61 Å². The zero-order valence-corrected chi connectivity index (χ0v) is 6.52. The molecule has 0 atom stereocenters. The number of hydrogen-bond donors (Lipinski definition) is 1. The topological polar surface area (TPSA) is 77.2 Å². The van der Waals surface area contributed by atoms with Crippen LogP contribution in [0.5, 0.6) is 0 Å². The summed E-state index contributed by atoms with van der Waals surface area (Å²) in [4.78, 5) is 10.0. The number of aromatic nitrogens is 3. The largest absolute Gasteiger partial charge is 0.480 e. The summed E-state index contributed by atoms with van der Waals surface area (Å²) < 4.78 is 6.32. The van der Waals surface area contributed by atoms with Crippen LogP contribution in [0.3, 0.4) is 0 Å². The van der Waals surface area contributed by atoms with Crippen LogP contribution < -0.4 is 0 Å². The summed E-state index contributed by atoms with van der Waals surface area (Å²) in [6, 6.07) is 0. The van der Waals surface area contributed by atoms with E-state index in [1.165, 1.54) is 0 Å². The third kappa shape index (κ3) is 2.31. The van der Waals surface area contributed by atoms with Crippen LogP contribution in [0, 0.1) is 6.33 Å². The van der Waals surface area contributed by atoms with E-state index < -0.39 is 5.97 Å². The maximum atomic E-state index is 10.0. The minimum Gasteiger partial charge on any atom is -0.480 e. The maximum absolute atomic E-state index is 10.0. The van der Waals surface area contributed by atoms with E-state index in [-0.39, 0.29) is 13.2 Å². The highest BCUT2D eigenvalue weighted by molar-refractivity contribution is 5.67. The van der Waals surface area contributed by atoms with Crippen LogP contribution in [0.1, 0.15) is 5.82 Å². The van der Waals surface area contributed by atoms with Crippen molar-refractivity contribution >= 4 is 5.97 Å². The monoisotopic (exact) mass is 170 g/mol. The maximum Gasteiger partial charge on any atom is 0.329 e. The second-order valence-electron chi connectivity index (χ2n) is 2.16. The molecule has 1 N–H and O–H groups in total. The number of aliphatic carboxylic acids is 1. The molecule has 1 heterocycles. The fraction of sp³-hybridized carbons (Fsp3) is 0.500. The molecular formula is C6H8N3O3. The quantitative estimate of drug-likeness (QED) is 0.641. The van der Waals surface area contributed by atoms with Crippen molar-refractivity contribution in [3.05, 3.63) is 12.2 Å². The van der Waals surface area contributed by atoms with Crippen molar-refractivity contribution in [3.8, 4) is 0 Å². The van der Waals surface area contributed by atoms with Gasteiger partial charge >= 0.3 is 5.97 Å². The van der Waals surface area contributed by atoms with Crippen LogP contribution in [0.4, 0.5) is 0 Å². The summed E-state index contributed by atoms with van der Waals surface area (Å²) in [6.45, 7) is -0.188. The number of aryl methyl sites for hydroxylation is 1. The highest BCUT2D eigenvalue weighted by Gasteiger charge is 2.02. The average molecular weight is 170 g/mol. The van der Waals surface area contributed by atoms with Gasteiger partial charge in [0.25, 0.3) is 0 Å². The van der Waals surface area contributed by atoms with E-state index in [9.17, 15) is 4.79 Å². The van der Waals surface area contributed by atoms with Gasteiger partial charge in [0, 0.05) is 7.05 Å². The predicted molar refractivity (Wildman–Crippen MR) is 37.1 cm³/mol. The minimum absolute atomic E-state index is 0.138. The zero-order chi connectivity index (χ0) is 8.97. The van der Waals surface area contributed by atoms with Crippen LogP contribution in [-0.2, 0) is 23.2 Å². The minimum atomic E-state index is -0.999. The van der Waals surface area contributed by atoms with Crippen molar-refractivity contribution in [1.29, 1.82) is 0 Å². The Morgan fingerprint density at radius 1 is 1.83 bits per heavy atom. The van der Waals surface area contributed by atoms with Crippen LogP contribution in [0.2, 0.25) is 0 Å². The summed E-state index contributed by atoms with van der Waals surface area (Å²) in [5, 5.41) is 15.4. The highest BCUT2D eigenvalue weighted by Crippen LogP contribution is 1.92. The first-order chi connectivity index (χ1) is 5.70. The second-order valence-corrected chi connectivity index (χ2v) is 2.16. The summed E-state index contributed by atoms with van der Waals surface area (Å²) in [6.07, 6.45) is 2.53. The SMILES string of the molecule is Cn1[c]nnc1COCC(=O)O. The molecule has 1 aromatic rings. The first kappa shape index (κ1) is 8.66. The standard InChI is InChI=1S/C6H8N3O3/c1-9-4-7-8-5(9)2-12-3-6(10)11/h2-3H2,1H3,(H,10,11). The fourth-order valence-corrected chi connectivity index (χ4v) is 0.627. The lowest BCUT2D eigenvalue weighted by molar-refractivity contribution is -0.142. The third-order valence-corrected chi connectivity index (χ3v) is 1.20. The van der Waals surface area contributed by atoms with Gasteiger partial charge in [-0.3, -0.25) is 0 Å². The van der Waals surface area contributed by atoms with Crippen LogP contribution in [-0.4, -0.2) is 32.4 Å². The van der Waals surface area contributed by atoms with Crippen LogP contribution >= 0.6 is 0 Å². The molecule has 0 amide bonds. The normalized spacial score (nSPS) is 10.1. The van der Waals surface area contributed by atoms with E-state index in [0.29, 0.717) is 5.82 Å². The summed E-state index contributed by atoms with van der Waals surface area (Å²) >= 11 is 0. The van der Waals surface area contributed by atoms with Crippen LogP contribution in [0.15, 0.2) is 0 Å². The fourth-order valence-electron chi connectivity index (χ4n) is 0.627. The number of ether oxygens (including phenoxy) is 1. The van der Waals surface area contributed by atoms with Gasteiger partial charge in [0.15, 0.2) is 5.82 Å². The molecule has 6 nitrogen and oxygen atoms in total. The van der Waals surface area contributed by atoms with E-state index in [1.807, 2.05) is 0 Å². The smallest absolute Gasteiger partial charge is 0.329 e. The molecule has 0 aromatic carbocycles. The lowest BCUT2D eigenvalue weighted by Crippen LogP contribution is -2.08. The van der Waals surface area contributed by atoms with Crippen molar-refractivity contribution in [2.24, 2.45) is 7.05 Å². The number of nitrogens with zero attached hydrogens (tertiary/aromatic N) is 3. The molecule has 0 aliphatic carbocycles. The van der Waals surface area contributed by atoms with Gasteiger partial charge in [0.1, 0.15) is 13.2 Å². The number of carboxylic acid groups (broad SMARTS) is 1. The third-order valence-electron chi connectivity index (χ3n) is 1.20. The molecule has 1 rings (SSSR count). The van der Waals surface area contributed by atoms with Crippen molar-refractivity contribution in [2.75, 3.05) is 6.61 Å². The van der Waals surface area contributed by atoms with E-state index in [0.717, 1.165) is 0 Å². The molecule has 1 radical (unpaired) electrons. The number of carboxylic acids is 1. The zero-order valence-electron chi connectivity index (χ0n) is 6.52. The van der Waals surface area contributed by atoms with Gasteiger partial charge in [-0.25, -0.2) is 4.79 Å². The Labute approximate surface area is 68.8 Å². The van der Waals surface area contributed by atoms with Gasteiger partial charge in [-0.2, -0.15) is 0 Å². The first-order valence-electron chi connectivity index (χ1n) is 3.25. The number of rotatable bonds is 4. The van der Waals surface area contributed by atoms with E-state index in [2.05, 4.69) is 16.5 Å². The summed E-state index contributed by atoms with van der Waals surface area (Å²) in [7, 11) is 1.71. The van der Waals surface area contributed by atoms with E-state index in [1.54, 1.807) is 11.6 Å². The molecule has 0 bridgehead atoms. The average Bonchev–Trinajstić information content (AvgIpc) is 2.36. The molecule has 1 aromatic heterocycles. The molecule has 0 unspecified atom stereocenters. The molecule has 0 fully saturated rings. The van der Waals surface area contributed by atoms with Crippen molar-refractivity contribution in [1.82, 2.24) is 14.8 Å². The highest BCUT2D eigenvalue weighted by atomic mass is 16.5. The first-order valence-corrected chi connectivity index (χ1v) is 3.25. The van der Waals surface area contributed by atoms with Crippen molar-refractivity contribution < 1.29 is 14.6 Å². The summed E-state index contributed by atoms with van der Waals surface area (Å²) in [5.74, 6) is -0.447. The summed E-state index contributed by atoms with van der Waals surface area (Å²) in [5.41, 5.74) is 0. The van der Waals surface area contributed by atoms with E-state index in [4.69, 9.17) is 9.84 Å². The Morgan fingerprint density at radius 3 is 3.08 bits per heavy atom. The van der Waals surface area contributed by atoms with Gasteiger partial charge in [0.05, 0.1) is 0 Å². The Balaban J connectivity index is 2.33. The van der Waals surface area contributed by atoms with Gasteiger partial charge in [0.2, 0.25) is 6.33 Å². The Morgan fingerprint density at radius 2 is 2.58 bits per heavy atom. The molecule has 0 spiro atoms. The lowest BCUT2D eigenvalue weighted by Gasteiger charge is -1.98. The number of carbonyl (C=O) groups is 1. The van der Waals surface area contributed by atoms with Gasteiger partial charge < -0.3 is 14.4 Å². The molecule has 0 aliphatic heterocycles. The lowest BCUT2D eigenvalue weighted by atomic mass is 10.6. The van der Waals surface area contributed by atoms with Crippen molar-refractivity contribution in [3.63, 3.8) is 0 Å². The Bertz CT molecular complexity index is 271. The van der Waals surface area contributed by atoms with Gasteiger partial charge in [-0.1, -0.05) is 0 Å². The van der Waals surface area contributed by atoms with Gasteiger partial charge in [-0.05, 0) is 0 Å². The molecule has 0 saturated heterocycles. The Kier molecular flexibility index (Phi) is 2.76. The molecule has 0 aliphatic rings.